The van der Waals surface area contributed by atoms with Gasteiger partial charge in [0.15, 0.2) is 9.84 Å². The maximum Gasteiger partial charge on any atom is 0.164 e. The third-order valence-electron chi connectivity index (χ3n) is 2.99. The summed E-state index contributed by atoms with van der Waals surface area (Å²) in [6, 6.07) is 0. The number of sulfone groups is 1. The first-order chi connectivity index (χ1) is 7.26. The molecule has 1 aliphatic heterocycles. The highest BCUT2D eigenvalue weighted by atomic mass is 32.2. The zero-order valence-corrected chi connectivity index (χ0v) is 11.8. The lowest BCUT2D eigenvalue weighted by Crippen LogP contribution is -2.52. The molecule has 4 nitrogen and oxygen atoms in total. The molecule has 0 aromatic rings. The number of hydrogen-bond acceptors (Lipinski definition) is 5. The van der Waals surface area contributed by atoms with E-state index in [0.717, 1.165) is 12.3 Å². The van der Waals surface area contributed by atoms with Crippen LogP contribution in [0.1, 0.15) is 20.3 Å². The van der Waals surface area contributed by atoms with Crippen LogP contribution in [0.3, 0.4) is 0 Å². The molecule has 2 atom stereocenters. The summed E-state index contributed by atoms with van der Waals surface area (Å²) in [6.45, 7) is 4.84. The Bertz CT molecular complexity index is 327. The molecule has 0 aliphatic carbocycles. The van der Waals surface area contributed by atoms with Gasteiger partial charge in [0.2, 0.25) is 0 Å². The second-order valence-electron chi connectivity index (χ2n) is 4.68. The topological polar surface area (TPSA) is 57.6 Å². The van der Waals surface area contributed by atoms with Gasteiger partial charge in [-0.2, -0.15) is 11.8 Å². The lowest BCUT2D eigenvalue weighted by molar-refractivity contribution is 0.0152. The zero-order valence-electron chi connectivity index (χ0n) is 10.1. The van der Waals surface area contributed by atoms with E-state index in [9.17, 15) is 13.5 Å². The Balaban J connectivity index is 2.76. The zero-order chi connectivity index (χ0) is 12.4. The molecule has 0 aromatic heterocycles. The van der Waals surface area contributed by atoms with Crippen molar-refractivity contribution >= 4 is 21.6 Å². The summed E-state index contributed by atoms with van der Waals surface area (Å²) in [7, 11) is -3.06. The predicted molar refractivity (Wildman–Crippen MR) is 68.4 cm³/mol. The van der Waals surface area contributed by atoms with Gasteiger partial charge in [-0.15, -0.1) is 0 Å². The summed E-state index contributed by atoms with van der Waals surface area (Å²) in [5, 5.41) is 9.58. The van der Waals surface area contributed by atoms with E-state index in [1.165, 1.54) is 6.26 Å². The highest BCUT2D eigenvalue weighted by Gasteiger charge is 2.34. The second kappa shape index (κ2) is 5.25. The summed E-state index contributed by atoms with van der Waals surface area (Å²) >= 11 is 1.66. The van der Waals surface area contributed by atoms with Crippen LogP contribution in [0.5, 0.6) is 0 Å². The molecule has 16 heavy (non-hydrogen) atoms. The van der Waals surface area contributed by atoms with Crippen LogP contribution >= 0.6 is 11.8 Å². The molecule has 0 aromatic carbocycles. The molecule has 2 unspecified atom stereocenters. The number of nitrogens with zero attached hydrogens (tertiary/aromatic N) is 1. The largest absolute Gasteiger partial charge is 0.389 e. The van der Waals surface area contributed by atoms with E-state index >= 15 is 0 Å². The molecule has 0 amide bonds. The molecule has 1 aliphatic rings. The second-order valence-corrected chi connectivity index (χ2v) is 8.03. The van der Waals surface area contributed by atoms with E-state index in [-0.39, 0.29) is 0 Å². The molecule has 1 N–H and O–H groups in total. The molecule has 0 saturated carbocycles. The normalized spacial score (nSPS) is 27.6. The van der Waals surface area contributed by atoms with Crippen molar-refractivity contribution in [2.75, 3.05) is 30.9 Å². The fourth-order valence-electron chi connectivity index (χ4n) is 1.74. The smallest absolute Gasteiger partial charge is 0.164 e. The lowest BCUT2D eigenvalue weighted by atomic mass is 10.0. The van der Waals surface area contributed by atoms with Crippen molar-refractivity contribution < 1.29 is 13.5 Å². The molecule has 1 fully saturated rings. The summed E-state index contributed by atoms with van der Waals surface area (Å²) < 4.78 is 23.3. The Labute approximate surface area is 102 Å². The van der Waals surface area contributed by atoms with Crippen LogP contribution in [0.25, 0.3) is 0 Å². The van der Waals surface area contributed by atoms with Crippen LogP contribution in [0.4, 0.5) is 0 Å². The standard InChI is InChI=1S/C10H21NO3S2/c1-4-10(2,12)8-11-5-6-15-7-9(11)16(3,13)14/h9,12H,4-8H2,1-3H3. The molecule has 0 spiro atoms. The lowest BCUT2D eigenvalue weighted by Gasteiger charge is -2.38. The van der Waals surface area contributed by atoms with E-state index < -0.39 is 20.8 Å². The highest BCUT2D eigenvalue weighted by Crippen LogP contribution is 2.23. The first-order valence-electron chi connectivity index (χ1n) is 5.49. The molecule has 1 rings (SSSR count). The van der Waals surface area contributed by atoms with E-state index in [1.54, 1.807) is 18.7 Å². The summed E-state index contributed by atoms with van der Waals surface area (Å²) in [5.74, 6) is 1.55. The van der Waals surface area contributed by atoms with Crippen molar-refractivity contribution in [3.63, 3.8) is 0 Å². The Kier molecular flexibility index (Phi) is 4.68. The van der Waals surface area contributed by atoms with E-state index in [0.29, 0.717) is 18.7 Å². The minimum Gasteiger partial charge on any atom is -0.389 e. The fourth-order valence-corrected chi connectivity index (χ4v) is 4.68. The van der Waals surface area contributed by atoms with Gasteiger partial charge in [0.1, 0.15) is 5.37 Å². The van der Waals surface area contributed by atoms with Gasteiger partial charge in [-0.25, -0.2) is 8.42 Å². The maximum absolute atomic E-state index is 11.6. The molecule has 96 valence electrons. The summed E-state index contributed by atoms with van der Waals surface area (Å²) in [4.78, 5) is 1.90. The van der Waals surface area contributed by atoms with Gasteiger partial charge in [0.05, 0.1) is 5.60 Å². The van der Waals surface area contributed by atoms with Crippen LogP contribution in [0, 0.1) is 0 Å². The Hall–Kier alpha value is 0.220. The Morgan fingerprint density at radius 2 is 2.19 bits per heavy atom. The SMILES string of the molecule is CCC(C)(O)CN1CCSCC1S(C)(=O)=O. The molecule has 1 saturated heterocycles. The quantitative estimate of drug-likeness (QED) is 0.807. The molecule has 6 heteroatoms. The van der Waals surface area contributed by atoms with Gasteiger partial charge in [-0.05, 0) is 13.3 Å². The van der Waals surface area contributed by atoms with Crippen molar-refractivity contribution in [1.29, 1.82) is 0 Å². The monoisotopic (exact) mass is 267 g/mol. The average Bonchev–Trinajstić information content (AvgIpc) is 2.16. The summed E-state index contributed by atoms with van der Waals surface area (Å²) in [5.41, 5.74) is -0.801. The summed E-state index contributed by atoms with van der Waals surface area (Å²) in [6.07, 6.45) is 1.91. The Morgan fingerprint density at radius 1 is 1.56 bits per heavy atom. The van der Waals surface area contributed by atoms with Gasteiger partial charge < -0.3 is 5.11 Å². The van der Waals surface area contributed by atoms with Gasteiger partial charge in [-0.1, -0.05) is 6.92 Å². The van der Waals surface area contributed by atoms with Crippen LogP contribution in [0.2, 0.25) is 0 Å². The molecule has 0 radical (unpaired) electrons. The van der Waals surface area contributed by atoms with Crippen LogP contribution in [-0.2, 0) is 9.84 Å². The minimum atomic E-state index is -3.06. The van der Waals surface area contributed by atoms with Crippen molar-refractivity contribution in [1.82, 2.24) is 4.90 Å². The fraction of sp³-hybridized carbons (Fsp3) is 1.00. The van der Waals surface area contributed by atoms with Gasteiger partial charge >= 0.3 is 0 Å². The van der Waals surface area contributed by atoms with Crippen LogP contribution in [0.15, 0.2) is 0 Å². The molecule has 1 heterocycles. The number of rotatable bonds is 4. The highest BCUT2D eigenvalue weighted by molar-refractivity contribution is 8.00. The first-order valence-corrected chi connectivity index (χ1v) is 8.60. The molecule has 0 bridgehead atoms. The molecular weight excluding hydrogens is 246 g/mol. The van der Waals surface area contributed by atoms with Crippen molar-refractivity contribution in [3.8, 4) is 0 Å². The first kappa shape index (κ1) is 14.3. The van der Waals surface area contributed by atoms with E-state index in [4.69, 9.17) is 0 Å². The average molecular weight is 267 g/mol. The van der Waals surface area contributed by atoms with Crippen molar-refractivity contribution in [3.05, 3.63) is 0 Å². The molecular formula is C10H21NO3S2. The van der Waals surface area contributed by atoms with Gasteiger partial charge in [-0.3, -0.25) is 4.90 Å². The number of thioether (sulfide) groups is 1. The van der Waals surface area contributed by atoms with Crippen molar-refractivity contribution in [2.45, 2.75) is 31.2 Å². The Morgan fingerprint density at radius 3 is 2.69 bits per heavy atom. The number of hydrogen-bond donors (Lipinski definition) is 1. The number of aliphatic hydroxyl groups is 1. The van der Waals surface area contributed by atoms with Gasteiger partial charge in [0.25, 0.3) is 0 Å². The van der Waals surface area contributed by atoms with E-state index in [1.807, 2.05) is 11.8 Å². The van der Waals surface area contributed by atoms with Crippen molar-refractivity contribution in [2.24, 2.45) is 0 Å². The van der Waals surface area contributed by atoms with Crippen LogP contribution in [-0.4, -0.2) is 60.3 Å². The van der Waals surface area contributed by atoms with Gasteiger partial charge in [0, 0.05) is 30.9 Å². The van der Waals surface area contributed by atoms with Crippen LogP contribution < -0.4 is 0 Å². The minimum absolute atomic E-state index is 0.432. The number of β-amino-alcohol motifs (C(OH)–C–C–N with tert-alkyl or cyclic N) is 1. The predicted octanol–water partition coefficient (Wildman–Crippen LogP) is 0.567. The third kappa shape index (κ3) is 3.91. The third-order valence-corrected chi connectivity index (χ3v) is 5.68. The van der Waals surface area contributed by atoms with E-state index in [2.05, 4.69) is 0 Å². The maximum atomic E-state index is 11.6.